The monoisotopic (exact) mass is 293 g/mol. The smallest absolute Gasteiger partial charge is 0.319 e. The summed E-state index contributed by atoms with van der Waals surface area (Å²) in [5, 5.41) is 17.6. The number of aliphatic carboxylic acids is 1. The summed E-state index contributed by atoms with van der Waals surface area (Å²) in [6.07, 6.45) is 0.857. The van der Waals surface area contributed by atoms with Gasteiger partial charge < -0.3 is 21.1 Å². The number of nitrogens with one attached hydrogen (secondary N) is 3. The maximum Gasteiger partial charge on any atom is 0.319 e. The van der Waals surface area contributed by atoms with Gasteiger partial charge in [0.1, 0.15) is 0 Å². The maximum absolute atomic E-state index is 11.6. The molecule has 0 aromatic heterocycles. The molecular formula is C15H23N3O3. The van der Waals surface area contributed by atoms with Crippen molar-refractivity contribution >= 4 is 17.7 Å². The van der Waals surface area contributed by atoms with Crippen LogP contribution < -0.4 is 16.0 Å². The molecule has 0 radical (unpaired) electrons. The van der Waals surface area contributed by atoms with Crippen molar-refractivity contribution in [2.75, 3.05) is 25.5 Å². The molecule has 1 rings (SSSR count). The van der Waals surface area contributed by atoms with Gasteiger partial charge in [-0.05, 0) is 51.6 Å². The zero-order chi connectivity index (χ0) is 15.9. The van der Waals surface area contributed by atoms with Gasteiger partial charge in [0.05, 0.1) is 5.41 Å². The van der Waals surface area contributed by atoms with Crippen molar-refractivity contribution in [3.05, 3.63) is 29.8 Å². The molecule has 0 unspecified atom stereocenters. The Bertz CT molecular complexity index is 483. The van der Waals surface area contributed by atoms with E-state index in [4.69, 9.17) is 5.11 Å². The predicted molar refractivity (Wildman–Crippen MR) is 82.7 cm³/mol. The summed E-state index contributed by atoms with van der Waals surface area (Å²) in [5.41, 5.74) is 0.370. The van der Waals surface area contributed by atoms with E-state index in [1.54, 1.807) is 38.1 Å². The fourth-order valence-corrected chi connectivity index (χ4v) is 1.74. The quantitative estimate of drug-likeness (QED) is 0.577. The fraction of sp³-hybridized carbons (Fsp3) is 0.467. The molecule has 0 bridgehead atoms. The van der Waals surface area contributed by atoms with Gasteiger partial charge in [-0.1, -0.05) is 12.1 Å². The van der Waals surface area contributed by atoms with Crippen LogP contribution in [0.2, 0.25) is 0 Å². The van der Waals surface area contributed by atoms with Gasteiger partial charge in [0, 0.05) is 12.2 Å². The molecule has 4 N–H and O–H groups in total. The third-order valence-electron chi connectivity index (χ3n) is 3.29. The van der Waals surface area contributed by atoms with Crippen molar-refractivity contribution in [1.29, 1.82) is 0 Å². The van der Waals surface area contributed by atoms with Crippen molar-refractivity contribution in [2.24, 2.45) is 0 Å². The minimum absolute atomic E-state index is 0.267. The van der Waals surface area contributed by atoms with Gasteiger partial charge in [-0.25, -0.2) is 4.79 Å². The summed E-state index contributed by atoms with van der Waals surface area (Å²) in [4.78, 5) is 22.8. The van der Waals surface area contributed by atoms with Crippen LogP contribution in [-0.4, -0.2) is 37.2 Å². The highest BCUT2D eigenvalue weighted by Gasteiger charge is 2.29. The average Bonchev–Trinajstić information content (AvgIpc) is 2.44. The highest BCUT2D eigenvalue weighted by Crippen LogP contribution is 2.24. The number of carboxylic acid groups (broad SMARTS) is 1. The Morgan fingerprint density at radius 2 is 1.76 bits per heavy atom. The normalized spacial score (nSPS) is 11.0. The predicted octanol–water partition coefficient (Wildman–Crippen LogP) is 1.78. The van der Waals surface area contributed by atoms with E-state index in [0.29, 0.717) is 17.8 Å². The number of carbonyl (C=O) groups excluding carboxylic acids is 1. The Hall–Kier alpha value is -2.08. The molecule has 0 aliphatic rings. The van der Waals surface area contributed by atoms with Gasteiger partial charge >= 0.3 is 12.0 Å². The van der Waals surface area contributed by atoms with Gasteiger partial charge in [-0.15, -0.1) is 0 Å². The number of benzene rings is 1. The molecule has 116 valence electrons. The number of carboxylic acids is 1. The molecule has 0 fully saturated rings. The molecule has 21 heavy (non-hydrogen) atoms. The molecule has 2 amide bonds. The van der Waals surface area contributed by atoms with Crippen molar-refractivity contribution in [1.82, 2.24) is 10.6 Å². The van der Waals surface area contributed by atoms with Crippen molar-refractivity contribution in [3.63, 3.8) is 0 Å². The highest BCUT2D eigenvalue weighted by molar-refractivity contribution is 5.89. The number of carbonyl (C=O) groups is 2. The minimum atomic E-state index is -0.950. The molecular weight excluding hydrogens is 270 g/mol. The Kier molecular flexibility index (Phi) is 6.17. The largest absolute Gasteiger partial charge is 0.481 e. The lowest BCUT2D eigenvalue weighted by molar-refractivity contribution is -0.142. The van der Waals surface area contributed by atoms with Gasteiger partial charge in [-0.3, -0.25) is 4.79 Å². The first-order valence-electron chi connectivity index (χ1n) is 6.91. The molecule has 0 aliphatic heterocycles. The van der Waals surface area contributed by atoms with Gasteiger partial charge in [0.15, 0.2) is 0 Å². The van der Waals surface area contributed by atoms with Crippen molar-refractivity contribution < 1.29 is 14.7 Å². The van der Waals surface area contributed by atoms with Gasteiger partial charge in [-0.2, -0.15) is 0 Å². The van der Waals surface area contributed by atoms with E-state index in [9.17, 15) is 9.59 Å². The summed E-state index contributed by atoms with van der Waals surface area (Å²) in [6.45, 7) is 4.73. The van der Waals surface area contributed by atoms with E-state index in [2.05, 4.69) is 16.0 Å². The second-order valence-electron chi connectivity index (χ2n) is 5.35. The lowest BCUT2D eigenvalue weighted by atomic mass is 9.85. The average molecular weight is 293 g/mol. The third kappa shape index (κ3) is 5.07. The van der Waals surface area contributed by atoms with E-state index in [0.717, 1.165) is 13.0 Å². The number of hydrogen-bond donors (Lipinski definition) is 4. The highest BCUT2D eigenvalue weighted by atomic mass is 16.4. The Morgan fingerprint density at radius 1 is 1.14 bits per heavy atom. The molecule has 6 nitrogen and oxygen atoms in total. The van der Waals surface area contributed by atoms with E-state index in [1.807, 2.05) is 7.05 Å². The molecule has 0 atom stereocenters. The molecule has 0 heterocycles. The zero-order valence-corrected chi connectivity index (χ0v) is 12.7. The van der Waals surface area contributed by atoms with E-state index < -0.39 is 11.4 Å². The number of hydrogen-bond acceptors (Lipinski definition) is 3. The van der Waals surface area contributed by atoms with Crippen molar-refractivity contribution in [2.45, 2.75) is 25.7 Å². The first-order chi connectivity index (χ1) is 9.87. The summed E-state index contributed by atoms with van der Waals surface area (Å²) in [7, 11) is 1.86. The summed E-state index contributed by atoms with van der Waals surface area (Å²) in [5.74, 6) is -0.884. The number of anilines is 1. The lowest BCUT2D eigenvalue weighted by Gasteiger charge is -2.19. The zero-order valence-electron chi connectivity index (χ0n) is 12.7. The number of urea groups is 1. The van der Waals surface area contributed by atoms with Crippen LogP contribution in [0.5, 0.6) is 0 Å². The first kappa shape index (κ1) is 17.0. The van der Waals surface area contributed by atoms with Crippen LogP contribution in [0.25, 0.3) is 0 Å². The fourth-order valence-electron chi connectivity index (χ4n) is 1.74. The molecule has 1 aromatic rings. The Morgan fingerprint density at radius 3 is 2.29 bits per heavy atom. The van der Waals surface area contributed by atoms with Crippen LogP contribution >= 0.6 is 0 Å². The Labute approximate surface area is 124 Å². The van der Waals surface area contributed by atoms with Crippen LogP contribution in [0.15, 0.2) is 24.3 Å². The molecule has 1 aromatic carbocycles. The third-order valence-corrected chi connectivity index (χ3v) is 3.29. The van der Waals surface area contributed by atoms with Crippen LogP contribution in [-0.2, 0) is 10.2 Å². The lowest BCUT2D eigenvalue weighted by Crippen LogP contribution is -2.31. The van der Waals surface area contributed by atoms with Gasteiger partial charge in [0.25, 0.3) is 0 Å². The first-order valence-corrected chi connectivity index (χ1v) is 6.91. The SMILES string of the molecule is CNCCCNC(=O)Nc1ccc(C(C)(C)C(=O)O)cc1. The van der Waals surface area contributed by atoms with Crippen LogP contribution in [0.4, 0.5) is 10.5 Å². The molecule has 0 aliphatic carbocycles. The standard InChI is InChI=1S/C15H23N3O3/c1-15(2,13(19)20)11-5-7-12(8-6-11)18-14(21)17-10-4-9-16-3/h5-8,16H,4,9-10H2,1-3H3,(H,19,20)(H2,17,18,21). The van der Waals surface area contributed by atoms with E-state index in [1.165, 1.54) is 0 Å². The summed E-state index contributed by atoms with van der Waals surface area (Å²) < 4.78 is 0. The summed E-state index contributed by atoms with van der Waals surface area (Å²) >= 11 is 0. The van der Waals surface area contributed by atoms with Gasteiger partial charge in [0.2, 0.25) is 0 Å². The van der Waals surface area contributed by atoms with Crippen molar-refractivity contribution in [3.8, 4) is 0 Å². The second kappa shape index (κ2) is 7.64. The van der Waals surface area contributed by atoms with E-state index in [-0.39, 0.29) is 6.03 Å². The molecule has 0 saturated carbocycles. The van der Waals surface area contributed by atoms with Crippen LogP contribution in [0.3, 0.4) is 0 Å². The molecule has 0 saturated heterocycles. The Balaban J connectivity index is 2.55. The summed E-state index contributed by atoms with van der Waals surface area (Å²) in [6, 6.07) is 6.56. The van der Waals surface area contributed by atoms with Crippen LogP contribution in [0, 0.1) is 0 Å². The number of amides is 2. The molecule has 0 spiro atoms. The van der Waals surface area contributed by atoms with Crippen LogP contribution in [0.1, 0.15) is 25.8 Å². The molecule has 6 heteroatoms. The number of rotatable bonds is 7. The van der Waals surface area contributed by atoms with E-state index >= 15 is 0 Å². The second-order valence-corrected chi connectivity index (χ2v) is 5.35. The topological polar surface area (TPSA) is 90.5 Å². The maximum atomic E-state index is 11.6. The minimum Gasteiger partial charge on any atom is -0.481 e.